The fraction of sp³-hybridized carbons (Fsp3) is 0.750. The highest BCUT2D eigenvalue weighted by Gasteiger charge is 2.19. The lowest BCUT2D eigenvalue weighted by Gasteiger charge is -2.27. The third-order valence-electron chi connectivity index (χ3n) is 3.54. The number of rotatable bonds is 4. The third kappa shape index (κ3) is 3.86. The van der Waals surface area contributed by atoms with Gasteiger partial charge < -0.3 is 15.0 Å². The summed E-state index contributed by atoms with van der Waals surface area (Å²) in [5.41, 5.74) is 2.52. The summed E-state index contributed by atoms with van der Waals surface area (Å²) in [6, 6.07) is 0.411. The summed E-state index contributed by atoms with van der Waals surface area (Å²) in [5.74, 6) is 9.42. The predicted octanol–water partition coefficient (Wildman–Crippen LogP) is 0.301. The van der Waals surface area contributed by atoms with E-state index in [9.17, 15) is 0 Å². The molecule has 21 heavy (non-hydrogen) atoms. The van der Waals surface area contributed by atoms with Crippen molar-refractivity contribution >= 4 is 29.6 Å². The van der Waals surface area contributed by atoms with Crippen molar-refractivity contribution in [1.29, 1.82) is 0 Å². The molecule has 2 aliphatic heterocycles. The Balaban J connectivity index is 1.75. The second kappa shape index (κ2) is 7.10. The molecule has 8 nitrogen and oxygen atoms in total. The molecule has 1 unspecified atom stereocenters. The van der Waals surface area contributed by atoms with Crippen LogP contribution < -0.4 is 21.5 Å². The Labute approximate surface area is 128 Å². The first-order valence-corrected chi connectivity index (χ1v) is 8.40. The minimum atomic E-state index is 0.387. The van der Waals surface area contributed by atoms with Crippen molar-refractivity contribution in [3.63, 3.8) is 0 Å². The monoisotopic (exact) mass is 311 g/mol. The molecule has 0 amide bonds. The van der Waals surface area contributed by atoms with E-state index in [2.05, 4.69) is 30.6 Å². The summed E-state index contributed by atoms with van der Waals surface area (Å²) >= 11 is 1.96. The maximum atomic E-state index is 5.47. The highest BCUT2D eigenvalue weighted by Crippen LogP contribution is 2.21. The van der Waals surface area contributed by atoms with E-state index in [1.807, 2.05) is 11.8 Å². The van der Waals surface area contributed by atoms with Gasteiger partial charge in [0.15, 0.2) is 0 Å². The smallest absolute Gasteiger partial charge is 0.243 e. The normalized spacial score (nSPS) is 22.9. The van der Waals surface area contributed by atoms with Crippen molar-refractivity contribution in [1.82, 2.24) is 15.0 Å². The molecule has 0 radical (unpaired) electrons. The molecule has 2 saturated heterocycles. The number of hydrogen-bond acceptors (Lipinski definition) is 9. The molecule has 1 atom stereocenters. The van der Waals surface area contributed by atoms with E-state index in [1.165, 1.54) is 12.2 Å². The molecule has 3 heterocycles. The molecule has 0 spiro atoms. The van der Waals surface area contributed by atoms with Gasteiger partial charge in [0.25, 0.3) is 0 Å². The van der Waals surface area contributed by atoms with Crippen molar-refractivity contribution in [2.45, 2.75) is 18.9 Å². The highest BCUT2D eigenvalue weighted by atomic mass is 32.2. The lowest BCUT2D eigenvalue weighted by Crippen LogP contribution is -2.38. The number of nitrogen functional groups attached to an aromatic ring is 1. The average Bonchev–Trinajstić information content (AvgIpc) is 2.56. The van der Waals surface area contributed by atoms with Crippen LogP contribution >= 0.6 is 11.8 Å². The third-order valence-corrected chi connectivity index (χ3v) is 4.76. The van der Waals surface area contributed by atoms with Crippen LogP contribution in [0.1, 0.15) is 12.8 Å². The molecule has 1 aromatic rings. The van der Waals surface area contributed by atoms with Crippen molar-refractivity contribution < 1.29 is 4.74 Å². The summed E-state index contributed by atoms with van der Waals surface area (Å²) in [7, 11) is 0. The molecule has 116 valence electrons. The van der Waals surface area contributed by atoms with Crippen molar-refractivity contribution in [3.8, 4) is 0 Å². The standard InChI is InChI=1S/C12H21N7OS/c13-18-11-15-10(14-9-2-1-7-21-8-9)16-12(17-11)19-3-5-20-6-4-19/h9H,1-8,13H2,(H2,14,15,16,17,18). The largest absolute Gasteiger partial charge is 0.378 e. The molecule has 9 heteroatoms. The summed E-state index contributed by atoms with van der Waals surface area (Å²) in [4.78, 5) is 15.3. The van der Waals surface area contributed by atoms with E-state index in [0.717, 1.165) is 25.3 Å². The van der Waals surface area contributed by atoms with Gasteiger partial charge in [-0.1, -0.05) is 0 Å². The van der Waals surface area contributed by atoms with E-state index in [-0.39, 0.29) is 0 Å². The van der Waals surface area contributed by atoms with Crippen LogP contribution in [-0.4, -0.2) is 58.8 Å². The predicted molar refractivity (Wildman–Crippen MR) is 84.6 cm³/mol. The Morgan fingerprint density at radius 3 is 2.71 bits per heavy atom. The number of hydrogen-bond donors (Lipinski definition) is 3. The molecular weight excluding hydrogens is 290 g/mol. The molecule has 0 aliphatic carbocycles. The fourth-order valence-corrected chi connectivity index (χ4v) is 3.51. The second-order valence-corrected chi connectivity index (χ2v) is 6.23. The van der Waals surface area contributed by atoms with Crippen LogP contribution in [0.5, 0.6) is 0 Å². The molecular formula is C12H21N7OS. The number of hydrazine groups is 1. The second-order valence-electron chi connectivity index (χ2n) is 5.08. The maximum absolute atomic E-state index is 5.47. The lowest BCUT2D eigenvalue weighted by atomic mass is 10.2. The van der Waals surface area contributed by atoms with Gasteiger partial charge in [0.2, 0.25) is 17.8 Å². The number of ether oxygens (including phenoxy) is 1. The average molecular weight is 311 g/mol. The SMILES string of the molecule is NNc1nc(NC2CCCSC2)nc(N2CCOCC2)n1. The first-order chi connectivity index (χ1) is 10.3. The summed E-state index contributed by atoms with van der Waals surface area (Å²) in [5, 5.41) is 3.40. The topological polar surface area (TPSA) is 101 Å². The number of morpholine rings is 1. The van der Waals surface area contributed by atoms with Gasteiger partial charge in [-0.3, -0.25) is 5.43 Å². The van der Waals surface area contributed by atoms with E-state index >= 15 is 0 Å². The Kier molecular flexibility index (Phi) is 4.94. The van der Waals surface area contributed by atoms with Gasteiger partial charge in [0.1, 0.15) is 0 Å². The summed E-state index contributed by atoms with van der Waals surface area (Å²) in [6.45, 7) is 2.96. The van der Waals surface area contributed by atoms with Crippen LogP contribution in [0.4, 0.5) is 17.8 Å². The van der Waals surface area contributed by atoms with Crippen LogP contribution in [0.25, 0.3) is 0 Å². The van der Waals surface area contributed by atoms with Gasteiger partial charge in [-0.05, 0) is 18.6 Å². The molecule has 3 rings (SSSR count). The first kappa shape index (κ1) is 14.6. The van der Waals surface area contributed by atoms with Crippen LogP contribution in [-0.2, 0) is 4.74 Å². The van der Waals surface area contributed by atoms with Crippen LogP contribution in [0.15, 0.2) is 0 Å². The molecule has 2 fully saturated rings. The molecule has 4 N–H and O–H groups in total. The maximum Gasteiger partial charge on any atom is 0.243 e. The van der Waals surface area contributed by atoms with E-state index < -0.39 is 0 Å². The number of anilines is 3. The van der Waals surface area contributed by atoms with Gasteiger partial charge >= 0.3 is 0 Å². The zero-order valence-corrected chi connectivity index (χ0v) is 12.7. The lowest BCUT2D eigenvalue weighted by molar-refractivity contribution is 0.122. The number of nitrogens with zero attached hydrogens (tertiary/aromatic N) is 4. The van der Waals surface area contributed by atoms with Gasteiger partial charge in [0.05, 0.1) is 13.2 Å². The Morgan fingerprint density at radius 2 is 2.00 bits per heavy atom. The van der Waals surface area contributed by atoms with Crippen LogP contribution in [0, 0.1) is 0 Å². The summed E-state index contributed by atoms with van der Waals surface area (Å²) < 4.78 is 5.36. The van der Waals surface area contributed by atoms with Gasteiger partial charge in [0, 0.05) is 24.9 Å². The number of nitrogens with two attached hydrogens (primary N) is 1. The zero-order chi connectivity index (χ0) is 14.5. The first-order valence-electron chi connectivity index (χ1n) is 7.25. The zero-order valence-electron chi connectivity index (χ0n) is 11.9. The van der Waals surface area contributed by atoms with E-state index in [4.69, 9.17) is 10.6 Å². The molecule has 0 bridgehead atoms. The van der Waals surface area contributed by atoms with Crippen molar-refractivity contribution in [3.05, 3.63) is 0 Å². The van der Waals surface area contributed by atoms with E-state index in [1.54, 1.807) is 0 Å². The molecule has 0 aromatic carbocycles. The quantitative estimate of drug-likeness (QED) is 0.535. The Hall–Kier alpha value is -1.32. The summed E-state index contributed by atoms with van der Waals surface area (Å²) in [6.07, 6.45) is 2.38. The minimum Gasteiger partial charge on any atom is -0.378 e. The fourth-order valence-electron chi connectivity index (χ4n) is 2.44. The number of thioether (sulfide) groups is 1. The van der Waals surface area contributed by atoms with Crippen molar-refractivity contribution in [2.24, 2.45) is 5.84 Å². The number of aromatic nitrogens is 3. The van der Waals surface area contributed by atoms with Crippen molar-refractivity contribution in [2.75, 3.05) is 53.5 Å². The van der Waals surface area contributed by atoms with Gasteiger partial charge in [-0.25, -0.2) is 5.84 Å². The minimum absolute atomic E-state index is 0.387. The highest BCUT2D eigenvalue weighted by molar-refractivity contribution is 7.99. The van der Waals surface area contributed by atoms with E-state index in [0.29, 0.717) is 37.1 Å². The van der Waals surface area contributed by atoms with Gasteiger partial charge in [-0.2, -0.15) is 26.7 Å². The number of nitrogens with one attached hydrogen (secondary N) is 2. The molecule has 0 saturated carbocycles. The Morgan fingerprint density at radius 1 is 1.19 bits per heavy atom. The van der Waals surface area contributed by atoms with Crippen LogP contribution in [0.3, 0.4) is 0 Å². The molecule has 1 aromatic heterocycles. The van der Waals surface area contributed by atoms with Crippen LogP contribution in [0.2, 0.25) is 0 Å². The van der Waals surface area contributed by atoms with Gasteiger partial charge in [-0.15, -0.1) is 0 Å². The Bertz CT molecular complexity index is 463. The molecule has 2 aliphatic rings.